The Morgan fingerprint density at radius 2 is 1.90 bits per heavy atom. The zero-order chi connectivity index (χ0) is 15.5. The third-order valence-electron chi connectivity index (χ3n) is 2.22. The predicted octanol–water partition coefficient (Wildman–Crippen LogP) is -0.178. The van der Waals surface area contributed by atoms with E-state index in [-0.39, 0.29) is 10.4 Å². The molecular formula is C11H10N2O4S3. The lowest BCUT2D eigenvalue weighted by Crippen LogP contribution is -2.35. The van der Waals surface area contributed by atoms with Gasteiger partial charge in [0.2, 0.25) is 10.0 Å². The maximum absolute atomic E-state index is 12.1. The fourth-order valence-electron chi connectivity index (χ4n) is 1.53. The van der Waals surface area contributed by atoms with Gasteiger partial charge in [0.1, 0.15) is 5.22 Å². The van der Waals surface area contributed by atoms with Gasteiger partial charge in [0.25, 0.3) is 0 Å². The second-order valence-corrected chi connectivity index (χ2v) is 6.16. The molecule has 0 aliphatic carbocycles. The summed E-state index contributed by atoms with van der Waals surface area (Å²) in [6.45, 7) is 3.21. The highest BCUT2D eigenvalue weighted by molar-refractivity contribution is 7.89. The van der Waals surface area contributed by atoms with Crippen molar-refractivity contribution in [2.24, 2.45) is 0 Å². The monoisotopic (exact) mass is 330 g/mol. The van der Waals surface area contributed by atoms with Crippen LogP contribution in [0.3, 0.4) is 0 Å². The second-order valence-electron chi connectivity index (χ2n) is 4.07. The molecule has 0 aliphatic rings. The summed E-state index contributed by atoms with van der Waals surface area (Å²) in [5.74, 6) is 0. The molecule has 0 atom stereocenters. The second kappa shape index (κ2) is 6.32. The fourth-order valence-corrected chi connectivity index (χ4v) is 3.33. The molecule has 9 heteroatoms. The van der Waals surface area contributed by atoms with Gasteiger partial charge < -0.3 is 0 Å². The first-order valence-electron chi connectivity index (χ1n) is 5.34. The van der Waals surface area contributed by atoms with Gasteiger partial charge >= 0.3 is 5.69 Å². The zero-order valence-electron chi connectivity index (χ0n) is 10.5. The average Bonchev–Trinajstić information content (AvgIpc) is 2.34. The molecule has 0 aromatic heterocycles. The number of nitro benzene ring substituents is 1. The first-order valence-corrected chi connectivity index (χ1v) is 7.64. The van der Waals surface area contributed by atoms with Crippen LogP contribution in [0.5, 0.6) is 0 Å². The van der Waals surface area contributed by atoms with Crippen molar-refractivity contribution in [1.82, 2.24) is 4.72 Å². The molecule has 1 rings (SSSR count). The van der Waals surface area contributed by atoms with Gasteiger partial charge in [0, 0.05) is 6.04 Å². The summed E-state index contributed by atoms with van der Waals surface area (Å²) in [5, 5.41) is 15.6. The molecule has 1 aromatic rings. The van der Waals surface area contributed by atoms with E-state index < -0.39 is 31.6 Å². The summed E-state index contributed by atoms with van der Waals surface area (Å²) in [4.78, 5) is 9.87. The summed E-state index contributed by atoms with van der Waals surface area (Å²) in [7, 11) is -4.03. The molecule has 1 N–H and O–H groups in total. The van der Waals surface area contributed by atoms with E-state index in [2.05, 4.69) is 39.2 Å². The highest BCUT2D eigenvalue weighted by Gasteiger charge is 2.28. The number of hydrogen-bond acceptors (Lipinski definition) is 6. The summed E-state index contributed by atoms with van der Waals surface area (Å²) in [5.41, 5.74) is -0.650. The smallest absolute Gasteiger partial charge is 0.258 e. The van der Waals surface area contributed by atoms with Crippen molar-refractivity contribution in [3.8, 4) is 0 Å². The van der Waals surface area contributed by atoms with Crippen molar-refractivity contribution in [3.05, 3.63) is 32.7 Å². The molecule has 1 aromatic carbocycles. The van der Waals surface area contributed by atoms with E-state index in [1.807, 2.05) is 0 Å². The van der Waals surface area contributed by atoms with Crippen molar-refractivity contribution < 1.29 is 13.3 Å². The van der Waals surface area contributed by atoms with Crippen LogP contribution in [0.1, 0.15) is 13.8 Å². The third-order valence-corrected chi connectivity index (χ3v) is 4.33. The molecule has 0 saturated heterocycles. The number of benzene rings is 1. The Morgan fingerprint density at radius 3 is 2.30 bits per heavy atom. The van der Waals surface area contributed by atoms with Crippen molar-refractivity contribution in [2.75, 3.05) is 0 Å². The Bertz CT molecular complexity index is 820. The molecule has 0 amide bonds. The van der Waals surface area contributed by atoms with Crippen LogP contribution in [0, 0.1) is 10.1 Å². The van der Waals surface area contributed by atoms with Crippen molar-refractivity contribution in [2.45, 2.75) is 24.8 Å². The normalized spacial score (nSPS) is 10.9. The van der Waals surface area contributed by atoms with Crippen LogP contribution < -0.4 is 15.2 Å². The van der Waals surface area contributed by atoms with E-state index >= 15 is 0 Å². The molecule has 0 heterocycles. The molecule has 6 nitrogen and oxygen atoms in total. The van der Waals surface area contributed by atoms with Crippen LogP contribution in [0.25, 0.3) is 0 Å². The zero-order valence-corrected chi connectivity index (χ0v) is 13.0. The number of rotatable bonds is 4. The van der Waals surface area contributed by atoms with Crippen molar-refractivity contribution in [3.63, 3.8) is 0 Å². The van der Waals surface area contributed by atoms with Crippen LogP contribution >= 0.6 is 24.4 Å². The van der Waals surface area contributed by atoms with E-state index in [1.165, 1.54) is 6.07 Å². The quantitative estimate of drug-likeness (QED) is 0.468. The van der Waals surface area contributed by atoms with Crippen LogP contribution in [0.2, 0.25) is 0 Å². The van der Waals surface area contributed by atoms with E-state index in [1.54, 1.807) is 13.8 Å². The fraction of sp³-hybridized carbons (Fsp3) is 0.273. The highest BCUT2D eigenvalue weighted by atomic mass is 32.2. The van der Waals surface area contributed by atoms with Crippen molar-refractivity contribution in [1.29, 1.82) is 0 Å². The number of nitrogens with zero attached hydrogens (tertiary/aromatic N) is 1. The number of sulfonamides is 1. The minimum Gasteiger partial charge on any atom is -0.258 e. The number of nitrogens with one attached hydrogen (secondary N) is 1. The summed E-state index contributed by atoms with van der Waals surface area (Å²) < 4.78 is 26.5. The Balaban J connectivity index is 3.90. The molecule has 0 bridgehead atoms. The van der Waals surface area contributed by atoms with Crippen LogP contribution in [0.4, 0.5) is 5.69 Å². The molecule has 20 heavy (non-hydrogen) atoms. The molecule has 0 saturated carbocycles. The van der Waals surface area contributed by atoms with Gasteiger partial charge in [0.15, 0.2) is 4.90 Å². The highest BCUT2D eigenvalue weighted by Crippen LogP contribution is 2.17. The first kappa shape index (κ1) is 16.6. The lowest BCUT2D eigenvalue weighted by molar-refractivity contribution is -0.388. The first-order chi connectivity index (χ1) is 9.24. The van der Waals surface area contributed by atoms with Gasteiger partial charge in [-0.05, 0) is 60.5 Å². The SMILES string of the molecule is CC(C)NS(=O)(=O)c1ccc(=C=S)c(=C=S)c1[N+](=O)[O-]. The van der Waals surface area contributed by atoms with Gasteiger partial charge in [0.05, 0.1) is 10.1 Å². The average molecular weight is 330 g/mol. The lowest BCUT2D eigenvalue weighted by Gasteiger charge is -2.09. The molecule has 0 aliphatic heterocycles. The standard InChI is InChI=1S/C11H10N2O4S3/c1-7(2)12-20(16,17)10-4-3-8(5-18)9(6-19)11(10)13(14)15/h3-4,7,12H,1-2H3. The summed E-state index contributed by atoms with van der Waals surface area (Å²) in [6.07, 6.45) is 0. The van der Waals surface area contributed by atoms with E-state index in [0.717, 1.165) is 6.07 Å². The van der Waals surface area contributed by atoms with Crippen LogP contribution in [-0.2, 0) is 10.0 Å². The molecular weight excluding hydrogens is 320 g/mol. The van der Waals surface area contributed by atoms with Gasteiger partial charge in [-0.25, -0.2) is 13.1 Å². The molecule has 0 radical (unpaired) electrons. The Morgan fingerprint density at radius 1 is 1.30 bits per heavy atom. The largest absolute Gasteiger partial charge is 0.306 e. The summed E-state index contributed by atoms with van der Waals surface area (Å²) in [6, 6.07) is 2.01. The Hall–Kier alpha value is -1.47. The lowest BCUT2D eigenvalue weighted by atomic mass is 10.2. The van der Waals surface area contributed by atoms with E-state index in [0.29, 0.717) is 0 Å². The summed E-state index contributed by atoms with van der Waals surface area (Å²) >= 11 is 9.19. The van der Waals surface area contributed by atoms with Gasteiger partial charge in [-0.2, -0.15) is 0 Å². The van der Waals surface area contributed by atoms with Crippen LogP contribution in [-0.4, -0.2) is 29.4 Å². The minimum atomic E-state index is -4.03. The van der Waals surface area contributed by atoms with Gasteiger partial charge in [-0.3, -0.25) is 10.1 Å². The number of thiocarbonyl (C=S) groups is 2. The molecule has 0 fully saturated rings. The van der Waals surface area contributed by atoms with E-state index in [4.69, 9.17) is 0 Å². The van der Waals surface area contributed by atoms with Crippen molar-refractivity contribution >= 4 is 50.2 Å². The Kier molecular flexibility index (Phi) is 5.24. The molecule has 0 unspecified atom stereocenters. The number of hydrogen-bond donors (Lipinski definition) is 1. The van der Waals surface area contributed by atoms with Gasteiger partial charge in [-0.15, -0.1) is 0 Å². The Labute approximate surface area is 126 Å². The number of nitro groups is 1. The maximum Gasteiger partial charge on any atom is 0.306 e. The van der Waals surface area contributed by atoms with Crippen LogP contribution in [0.15, 0.2) is 17.0 Å². The van der Waals surface area contributed by atoms with Gasteiger partial charge in [-0.1, -0.05) is 0 Å². The minimum absolute atomic E-state index is 0.158. The maximum atomic E-state index is 12.1. The predicted molar refractivity (Wildman–Crippen MR) is 81.2 cm³/mol. The van der Waals surface area contributed by atoms with E-state index in [9.17, 15) is 18.5 Å². The molecule has 106 valence electrons. The third kappa shape index (κ3) is 3.34. The molecule has 0 spiro atoms. The topological polar surface area (TPSA) is 89.3 Å².